The Labute approximate surface area is 202 Å². The molecule has 0 aromatic heterocycles. The molecule has 8 atom stereocenters. The van der Waals surface area contributed by atoms with Gasteiger partial charge in [0.15, 0.2) is 0 Å². The molecule has 0 spiro atoms. The second kappa shape index (κ2) is 11.7. The zero-order valence-corrected chi connectivity index (χ0v) is 21.4. The van der Waals surface area contributed by atoms with Gasteiger partial charge in [0.1, 0.15) is 0 Å². The Morgan fingerprint density at radius 1 is 0.788 bits per heavy atom. The summed E-state index contributed by atoms with van der Waals surface area (Å²) in [5, 5.41) is 10.6. The van der Waals surface area contributed by atoms with Crippen molar-refractivity contribution in [3.05, 3.63) is 0 Å². The van der Waals surface area contributed by atoms with Crippen molar-refractivity contribution in [3.8, 4) is 0 Å². The van der Waals surface area contributed by atoms with Crippen molar-refractivity contribution < 1.29 is 14.7 Å². The Bertz CT molecular complexity index is 645. The molecule has 4 nitrogen and oxygen atoms in total. The number of hydrogen-bond donors (Lipinski definition) is 1. The van der Waals surface area contributed by atoms with Crippen LogP contribution in [0.25, 0.3) is 0 Å². The molecule has 1 N–H and O–H groups in total. The third-order valence-electron chi connectivity index (χ3n) is 9.90. The van der Waals surface area contributed by atoms with Gasteiger partial charge in [0.25, 0.3) is 0 Å². The van der Waals surface area contributed by atoms with Crippen LogP contribution in [0.5, 0.6) is 0 Å². The Hall–Kier alpha value is -0.900. The topological polar surface area (TPSA) is 57.6 Å². The van der Waals surface area contributed by atoms with Crippen molar-refractivity contribution in [1.29, 1.82) is 0 Å². The van der Waals surface area contributed by atoms with E-state index in [1.165, 1.54) is 57.8 Å². The number of carbonyl (C=O) groups is 2. The summed E-state index contributed by atoms with van der Waals surface area (Å²) in [6, 6.07) is 0. The van der Waals surface area contributed by atoms with Crippen LogP contribution in [-0.2, 0) is 9.59 Å². The van der Waals surface area contributed by atoms with Gasteiger partial charge in [0.05, 0.1) is 6.10 Å². The van der Waals surface area contributed by atoms with E-state index in [-0.39, 0.29) is 35.7 Å². The lowest BCUT2D eigenvalue weighted by Crippen LogP contribution is -2.60. The second-order valence-electron chi connectivity index (χ2n) is 12.0. The summed E-state index contributed by atoms with van der Waals surface area (Å²) in [7, 11) is 0. The first-order valence-electron chi connectivity index (χ1n) is 14.6. The number of hydrogen-bond acceptors (Lipinski definition) is 3. The van der Waals surface area contributed by atoms with Crippen molar-refractivity contribution in [1.82, 2.24) is 4.90 Å². The van der Waals surface area contributed by atoms with Gasteiger partial charge in [-0.3, -0.25) is 14.5 Å². The van der Waals surface area contributed by atoms with Gasteiger partial charge in [0, 0.05) is 18.4 Å². The quantitative estimate of drug-likeness (QED) is 0.258. The molecule has 2 amide bonds. The third kappa shape index (κ3) is 5.36. The average Bonchev–Trinajstić information content (AvgIpc) is 3.15. The predicted octanol–water partition coefficient (Wildman–Crippen LogP) is 6.35. The number of aliphatic hydroxyl groups is 1. The number of imide groups is 1. The highest BCUT2D eigenvalue weighted by atomic mass is 16.3. The summed E-state index contributed by atoms with van der Waals surface area (Å²) in [4.78, 5) is 29.1. The first-order valence-corrected chi connectivity index (χ1v) is 14.6. The molecule has 1 saturated heterocycles. The van der Waals surface area contributed by atoms with Gasteiger partial charge in [-0.05, 0) is 74.5 Å². The first kappa shape index (κ1) is 25.2. The molecule has 1 aliphatic heterocycles. The molecule has 0 bridgehead atoms. The third-order valence-corrected chi connectivity index (χ3v) is 9.90. The van der Waals surface area contributed by atoms with Crippen LogP contribution in [0.4, 0.5) is 0 Å². The number of piperidine rings is 1. The number of nitrogens with zero attached hydrogens (tertiary/aromatic N) is 1. The SMILES string of the molecule is CCCCCCCC(CCCCCC)CN1C(=O)C2CCC3CC(O)C4CCC(C1=O)C2C34. The van der Waals surface area contributed by atoms with Crippen LogP contribution in [0.3, 0.4) is 0 Å². The van der Waals surface area contributed by atoms with Gasteiger partial charge in [-0.15, -0.1) is 0 Å². The normalized spacial score (nSPS) is 36.2. The summed E-state index contributed by atoms with van der Waals surface area (Å²) in [5.41, 5.74) is 0. The summed E-state index contributed by atoms with van der Waals surface area (Å²) in [5.74, 6) is 2.33. The molecule has 4 rings (SSSR count). The predicted molar refractivity (Wildman–Crippen MR) is 132 cm³/mol. The van der Waals surface area contributed by atoms with Gasteiger partial charge in [-0.25, -0.2) is 0 Å². The molecular formula is C29H49NO3. The van der Waals surface area contributed by atoms with E-state index in [0.29, 0.717) is 30.2 Å². The highest BCUT2D eigenvalue weighted by molar-refractivity contribution is 6.00. The number of likely N-dealkylation sites (tertiary alicyclic amines) is 1. The van der Waals surface area contributed by atoms with Gasteiger partial charge < -0.3 is 5.11 Å². The van der Waals surface area contributed by atoms with Crippen molar-refractivity contribution in [2.75, 3.05) is 6.54 Å². The van der Waals surface area contributed by atoms with Crippen molar-refractivity contribution in [2.45, 2.75) is 123 Å². The fraction of sp³-hybridized carbons (Fsp3) is 0.931. The van der Waals surface area contributed by atoms with Crippen LogP contribution < -0.4 is 0 Å². The van der Waals surface area contributed by atoms with E-state index < -0.39 is 0 Å². The molecule has 0 radical (unpaired) electrons. The summed E-state index contributed by atoms with van der Waals surface area (Å²) in [6.45, 7) is 5.17. The van der Waals surface area contributed by atoms with Crippen LogP contribution in [0.2, 0.25) is 0 Å². The minimum absolute atomic E-state index is 0.0346. The molecule has 33 heavy (non-hydrogen) atoms. The molecule has 4 fully saturated rings. The van der Waals surface area contributed by atoms with Gasteiger partial charge in [0.2, 0.25) is 11.8 Å². The largest absolute Gasteiger partial charge is 0.393 e. The molecular weight excluding hydrogens is 410 g/mol. The van der Waals surface area contributed by atoms with E-state index in [2.05, 4.69) is 13.8 Å². The molecule has 188 valence electrons. The number of unbranched alkanes of at least 4 members (excludes halogenated alkanes) is 7. The number of carbonyl (C=O) groups excluding carboxylic acids is 2. The maximum Gasteiger partial charge on any atom is 0.232 e. The van der Waals surface area contributed by atoms with Gasteiger partial charge >= 0.3 is 0 Å². The standard InChI is InChI=1S/C29H49NO3/c1-3-5-7-9-11-13-20(12-10-8-6-4-2)19-30-28(32)23-15-14-21-18-25(31)22-16-17-24(29(30)33)27(23)26(21)22/h20-27,31H,3-19H2,1-2H3. The van der Waals surface area contributed by atoms with E-state index in [4.69, 9.17) is 0 Å². The molecule has 0 aromatic rings. The number of amides is 2. The van der Waals surface area contributed by atoms with E-state index in [9.17, 15) is 14.7 Å². The molecule has 8 unspecified atom stereocenters. The summed E-state index contributed by atoms with van der Waals surface area (Å²) < 4.78 is 0. The molecule has 4 aliphatic rings. The Morgan fingerprint density at radius 2 is 1.36 bits per heavy atom. The van der Waals surface area contributed by atoms with Crippen molar-refractivity contribution in [2.24, 2.45) is 41.4 Å². The molecule has 4 heteroatoms. The highest BCUT2D eigenvalue weighted by Gasteiger charge is 2.61. The fourth-order valence-electron chi connectivity index (χ4n) is 8.26. The van der Waals surface area contributed by atoms with Gasteiger partial charge in [-0.2, -0.15) is 0 Å². The van der Waals surface area contributed by atoms with Crippen LogP contribution in [0, 0.1) is 41.4 Å². The summed E-state index contributed by atoms with van der Waals surface area (Å²) in [6.07, 6.45) is 18.3. The molecule has 0 aromatic carbocycles. The average molecular weight is 460 g/mol. The van der Waals surface area contributed by atoms with E-state index in [1.54, 1.807) is 4.90 Å². The Balaban J connectivity index is 1.42. The second-order valence-corrected chi connectivity index (χ2v) is 12.0. The first-order chi connectivity index (χ1) is 16.1. The number of aliphatic hydroxyl groups excluding tert-OH is 1. The van der Waals surface area contributed by atoms with Crippen LogP contribution in [0.15, 0.2) is 0 Å². The zero-order valence-electron chi connectivity index (χ0n) is 21.4. The smallest absolute Gasteiger partial charge is 0.232 e. The van der Waals surface area contributed by atoms with Crippen LogP contribution in [0.1, 0.15) is 117 Å². The minimum atomic E-state index is -0.205. The lowest BCUT2D eigenvalue weighted by Gasteiger charge is -2.53. The number of rotatable bonds is 13. The van der Waals surface area contributed by atoms with Crippen molar-refractivity contribution in [3.63, 3.8) is 0 Å². The van der Waals surface area contributed by atoms with E-state index >= 15 is 0 Å². The molecule has 3 aliphatic carbocycles. The Kier molecular flexibility index (Phi) is 8.93. The van der Waals surface area contributed by atoms with Crippen molar-refractivity contribution >= 4 is 11.8 Å². The lowest BCUT2D eigenvalue weighted by molar-refractivity contribution is -0.170. The maximum absolute atomic E-state index is 13.7. The molecule has 1 heterocycles. The monoisotopic (exact) mass is 459 g/mol. The van der Waals surface area contributed by atoms with Gasteiger partial charge in [-0.1, -0.05) is 71.6 Å². The fourth-order valence-corrected chi connectivity index (χ4v) is 8.26. The Morgan fingerprint density at radius 3 is 2.00 bits per heavy atom. The highest BCUT2D eigenvalue weighted by Crippen LogP contribution is 2.60. The maximum atomic E-state index is 13.7. The lowest BCUT2D eigenvalue weighted by atomic mass is 9.54. The van der Waals surface area contributed by atoms with E-state index in [1.807, 2.05) is 0 Å². The molecule has 3 saturated carbocycles. The van der Waals surface area contributed by atoms with Crippen LogP contribution in [-0.4, -0.2) is 34.5 Å². The minimum Gasteiger partial charge on any atom is -0.393 e. The summed E-state index contributed by atoms with van der Waals surface area (Å²) >= 11 is 0. The van der Waals surface area contributed by atoms with E-state index in [0.717, 1.165) is 44.9 Å². The zero-order chi connectivity index (χ0) is 23.4. The van der Waals surface area contributed by atoms with Crippen LogP contribution >= 0.6 is 0 Å².